The van der Waals surface area contributed by atoms with Crippen molar-refractivity contribution in [2.24, 2.45) is 35.5 Å². The number of amides is 1. The third kappa shape index (κ3) is 1.96. The summed E-state index contributed by atoms with van der Waals surface area (Å²) in [6, 6.07) is 2.07. The molecule has 0 radical (unpaired) electrons. The number of nitrogens with zero attached hydrogens (tertiary/aromatic N) is 1. The highest BCUT2D eigenvalue weighted by molar-refractivity contribution is 5.80. The van der Waals surface area contributed by atoms with Crippen molar-refractivity contribution in [1.82, 2.24) is 5.32 Å². The summed E-state index contributed by atoms with van der Waals surface area (Å²) in [5.41, 5.74) is 0. The molecular weight excluding hydrogens is 236 g/mol. The van der Waals surface area contributed by atoms with Crippen LogP contribution in [-0.4, -0.2) is 11.9 Å². The van der Waals surface area contributed by atoms with Crippen molar-refractivity contribution in [1.29, 1.82) is 5.26 Å². The maximum Gasteiger partial charge on any atom is 0.224 e. The van der Waals surface area contributed by atoms with Crippen molar-refractivity contribution in [3.8, 4) is 6.07 Å². The van der Waals surface area contributed by atoms with E-state index in [-0.39, 0.29) is 17.9 Å². The molecule has 3 heteroatoms. The molecule has 0 heterocycles. The first-order chi connectivity index (χ1) is 9.24. The molecule has 1 atom stereocenters. The molecule has 3 nitrogen and oxygen atoms in total. The van der Waals surface area contributed by atoms with Crippen LogP contribution in [-0.2, 0) is 4.79 Å². The summed E-state index contributed by atoms with van der Waals surface area (Å²) in [7, 11) is 0. The van der Waals surface area contributed by atoms with Crippen LogP contribution in [0.3, 0.4) is 0 Å². The van der Waals surface area contributed by atoms with E-state index in [2.05, 4.69) is 11.4 Å². The van der Waals surface area contributed by atoms with Crippen molar-refractivity contribution in [2.75, 3.05) is 0 Å². The van der Waals surface area contributed by atoms with Crippen LogP contribution < -0.4 is 5.32 Å². The summed E-state index contributed by atoms with van der Waals surface area (Å²) in [5.74, 6) is 3.91. The number of nitrogens with one attached hydrogen (secondary N) is 1. The standard InChI is InChI=1S/C16H22N2O/c17-8-14(11-1-2-11)18-16(19)15-12-4-9-3-10(6-12)7-13(15)5-9/h9-15H,1-7H2,(H,18,19). The molecule has 0 saturated heterocycles. The van der Waals surface area contributed by atoms with Gasteiger partial charge in [0.15, 0.2) is 0 Å². The largest absolute Gasteiger partial charge is 0.340 e. The molecule has 1 unspecified atom stereocenters. The minimum atomic E-state index is -0.218. The maximum absolute atomic E-state index is 12.6. The van der Waals surface area contributed by atoms with Gasteiger partial charge in [0.25, 0.3) is 0 Å². The number of nitriles is 1. The molecular formula is C16H22N2O. The van der Waals surface area contributed by atoms with Gasteiger partial charge in [0.2, 0.25) is 5.91 Å². The predicted octanol–water partition coefficient (Wildman–Crippen LogP) is 2.48. The second-order valence-electron chi connectivity index (χ2n) is 7.41. The summed E-state index contributed by atoms with van der Waals surface area (Å²) in [4.78, 5) is 12.6. The van der Waals surface area contributed by atoms with E-state index in [9.17, 15) is 10.1 Å². The minimum absolute atomic E-state index is 0.201. The van der Waals surface area contributed by atoms with Crippen LogP contribution in [0.2, 0.25) is 0 Å². The van der Waals surface area contributed by atoms with E-state index in [0.717, 1.165) is 24.7 Å². The van der Waals surface area contributed by atoms with Crippen LogP contribution in [0.25, 0.3) is 0 Å². The van der Waals surface area contributed by atoms with Crippen molar-refractivity contribution >= 4 is 5.91 Å². The first-order valence-electron chi connectivity index (χ1n) is 7.94. The van der Waals surface area contributed by atoms with Gasteiger partial charge in [-0.3, -0.25) is 4.79 Å². The highest BCUT2D eigenvalue weighted by Crippen LogP contribution is 2.56. The Hall–Kier alpha value is -1.04. The van der Waals surface area contributed by atoms with Gasteiger partial charge in [0, 0.05) is 5.92 Å². The normalized spacial score (nSPS) is 44.7. The lowest BCUT2D eigenvalue weighted by atomic mass is 9.51. The molecule has 19 heavy (non-hydrogen) atoms. The van der Waals surface area contributed by atoms with E-state index in [1.54, 1.807) is 0 Å². The van der Waals surface area contributed by atoms with Crippen LogP contribution in [0.5, 0.6) is 0 Å². The smallest absolute Gasteiger partial charge is 0.224 e. The molecule has 5 fully saturated rings. The summed E-state index contributed by atoms with van der Waals surface area (Å²) >= 11 is 0. The lowest BCUT2D eigenvalue weighted by Crippen LogP contribution is -2.52. The Morgan fingerprint density at radius 3 is 2.11 bits per heavy atom. The summed E-state index contributed by atoms with van der Waals surface area (Å²) in [6.07, 6.45) is 8.72. The summed E-state index contributed by atoms with van der Waals surface area (Å²) in [5, 5.41) is 12.2. The van der Waals surface area contributed by atoms with Crippen molar-refractivity contribution < 1.29 is 4.79 Å². The van der Waals surface area contributed by atoms with Gasteiger partial charge in [-0.05, 0) is 74.5 Å². The van der Waals surface area contributed by atoms with Crippen LogP contribution >= 0.6 is 0 Å². The number of hydrogen-bond donors (Lipinski definition) is 1. The molecule has 0 aromatic heterocycles. The number of carbonyl (C=O) groups excluding carboxylic acids is 1. The Morgan fingerprint density at radius 1 is 1.05 bits per heavy atom. The first kappa shape index (κ1) is 11.8. The Morgan fingerprint density at radius 2 is 1.63 bits per heavy atom. The van der Waals surface area contributed by atoms with E-state index in [1.807, 2.05) is 0 Å². The van der Waals surface area contributed by atoms with Gasteiger partial charge in [-0.15, -0.1) is 0 Å². The van der Waals surface area contributed by atoms with E-state index in [4.69, 9.17) is 0 Å². The van der Waals surface area contributed by atoms with Crippen LogP contribution in [0, 0.1) is 46.8 Å². The number of rotatable bonds is 3. The van der Waals surface area contributed by atoms with E-state index >= 15 is 0 Å². The second kappa shape index (κ2) is 4.23. The Labute approximate surface area is 114 Å². The van der Waals surface area contributed by atoms with Gasteiger partial charge >= 0.3 is 0 Å². The summed E-state index contributed by atoms with van der Waals surface area (Å²) in [6.45, 7) is 0. The lowest BCUT2D eigenvalue weighted by Gasteiger charge is -2.53. The molecule has 0 aromatic rings. The zero-order valence-corrected chi connectivity index (χ0v) is 11.3. The van der Waals surface area contributed by atoms with Crippen molar-refractivity contribution in [3.05, 3.63) is 0 Å². The van der Waals surface area contributed by atoms with Crippen LogP contribution in [0.1, 0.15) is 44.9 Å². The van der Waals surface area contributed by atoms with Crippen LogP contribution in [0.15, 0.2) is 0 Å². The van der Waals surface area contributed by atoms with Gasteiger partial charge in [0.1, 0.15) is 6.04 Å². The summed E-state index contributed by atoms with van der Waals surface area (Å²) < 4.78 is 0. The van der Waals surface area contributed by atoms with Gasteiger partial charge in [0.05, 0.1) is 6.07 Å². The second-order valence-corrected chi connectivity index (χ2v) is 7.41. The van der Waals surface area contributed by atoms with Gasteiger partial charge < -0.3 is 5.32 Å². The molecule has 4 bridgehead atoms. The topological polar surface area (TPSA) is 52.9 Å². The molecule has 1 N–H and O–H groups in total. The fourth-order valence-corrected chi connectivity index (χ4v) is 5.29. The van der Waals surface area contributed by atoms with Crippen molar-refractivity contribution in [3.63, 3.8) is 0 Å². The zero-order chi connectivity index (χ0) is 13.0. The fraction of sp³-hybridized carbons (Fsp3) is 0.875. The van der Waals surface area contributed by atoms with E-state index < -0.39 is 0 Å². The number of carbonyl (C=O) groups is 1. The Bertz CT molecular complexity index is 407. The fourth-order valence-electron chi connectivity index (χ4n) is 5.29. The molecule has 5 saturated carbocycles. The SMILES string of the molecule is N#CC(NC(=O)C1C2CC3CC(C2)CC1C3)C1CC1. The zero-order valence-electron chi connectivity index (χ0n) is 11.3. The third-order valence-electron chi connectivity index (χ3n) is 6.06. The molecule has 0 aliphatic heterocycles. The maximum atomic E-state index is 12.6. The monoisotopic (exact) mass is 258 g/mol. The molecule has 1 amide bonds. The lowest BCUT2D eigenvalue weighted by molar-refractivity contribution is -0.138. The van der Waals surface area contributed by atoms with Gasteiger partial charge in [-0.25, -0.2) is 0 Å². The van der Waals surface area contributed by atoms with Gasteiger partial charge in [-0.1, -0.05) is 0 Å². The Balaban J connectivity index is 1.46. The van der Waals surface area contributed by atoms with Gasteiger partial charge in [-0.2, -0.15) is 5.26 Å². The molecule has 0 spiro atoms. The first-order valence-corrected chi connectivity index (χ1v) is 7.94. The van der Waals surface area contributed by atoms with Crippen molar-refractivity contribution in [2.45, 2.75) is 51.0 Å². The third-order valence-corrected chi connectivity index (χ3v) is 6.06. The average molecular weight is 258 g/mol. The molecule has 5 aliphatic carbocycles. The van der Waals surface area contributed by atoms with E-state index in [0.29, 0.717) is 17.8 Å². The molecule has 5 rings (SSSR count). The quantitative estimate of drug-likeness (QED) is 0.845. The highest BCUT2D eigenvalue weighted by atomic mass is 16.2. The molecule has 5 aliphatic rings. The molecule has 0 aromatic carbocycles. The average Bonchev–Trinajstić information content (AvgIpc) is 3.18. The highest BCUT2D eigenvalue weighted by Gasteiger charge is 2.51. The van der Waals surface area contributed by atoms with Crippen LogP contribution in [0.4, 0.5) is 0 Å². The number of hydrogen-bond acceptors (Lipinski definition) is 2. The van der Waals surface area contributed by atoms with E-state index in [1.165, 1.54) is 32.1 Å². The minimum Gasteiger partial charge on any atom is -0.340 e. The molecule has 102 valence electrons. The Kier molecular flexibility index (Phi) is 2.62. The predicted molar refractivity (Wildman–Crippen MR) is 70.8 cm³/mol.